The maximum atomic E-state index is 10.9. The molecule has 0 aliphatic heterocycles. The summed E-state index contributed by atoms with van der Waals surface area (Å²) in [5.41, 5.74) is 0.789. The Balaban J connectivity index is 1.99. The zero-order valence-electron chi connectivity index (χ0n) is 10.1. The minimum absolute atomic E-state index is 0.160. The lowest BCUT2D eigenvalue weighted by molar-refractivity contribution is -0.384. The van der Waals surface area contributed by atoms with Crippen LogP contribution in [0.4, 0.5) is 11.4 Å². The topological polar surface area (TPSA) is 55.2 Å². The molecule has 92 valence electrons. The van der Waals surface area contributed by atoms with Crippen LogP contribution in [0.25, 0.3) is 0 Å². The summed E-state index contributed by atoms with van der Waals surface area (Å²) in [5.74, 6) is 0.806. The molecule has 0 saturated heterocycles. The lowest BCUT2D eigenvalue weighted by Crippen LogP contribution is -2.23. The highest BCUT2D eigenvalue weighted by Gasteiger charge is 2.21. The summed E-state index contributed by atoms with van der Waals surface area (Å²) in [7, 11) is 0. The molecule has 17 heavy (non-hydrogen) atoms. The van der Waals surface area contributed by atoms with E-state index in [2.05, 4.69) is 12.2 Å². The molecule has 4 heteroatoms. The molecule has 0 heterocycles. The van der Waals surface area contributed by atoms with Crippen LogP contribution in [0.1, 0.15) is 32.6 Å². The van der Waals surface area contributed by atoms with Crippen molar-refractivity contribution in [1.29, 1.82) is 0 Å². The van der Waals surface area contributed by atoms with Crippen molar-refractivity contribution < 1.29 is 4.92 Å². The lowest BCUT2D eigenvalue weighted by atomic mass is 9.81. The maximum Gasteiger partial charge on any atom is 0.292 e. The van der Waals surface area contributed by atoms with E-state index < -0.39 is 0 Å². The molecule has 0 unspecified atom stereocenters. The molecule has 0 spiro atoms. The molecule has 1 N–H and O–H groups in total. The van der Waals surface area contributed by atoms with E-state index in [0.29, 0.717) is 11.7 Å². The van der Waals surface area contributed by atoms with E-state index in [9.17, 15) is 10.1 Å². The van der Waals surface area contributed by atoms with E-state index in [1.54, 1.807) is 18.2 Å². The monoisotopic (exact) mass is 234 g/mol. The van der Waals surface area contributed by atoms with Gasteiger partial charge >= 0.3 is 0 Å². The molecule has 0 bridgehead atoms. The number of hydrogen-bond donors (Lipinski definition) is 1. The summed E-state index contributed by atoms with van der Waals surface area (Å²) in [6.45, 7) is 2.09. The smallest absolute Gasteiger partial charge is 0.292 e. The summed E-state index contributed by atoms with van der Waals surface area (Å²) < 4.78 is 0. The summed E-state index contributed by atoms with van der Waals surface area (Å²) in [6, 6.07) is 7.13. The van der Waals surface area contributed by atoms with Crippen molar-refractivity contribution in [2.45, 2.75) is 38.6 Å². The van der Waals surface area contributed by atoms with Crippen LogP contribution in [0.5, 0.6) is 0 Å². The number of nitrogens with one attached hydrogen (secondary N) is 1. The van der Waals surface area contributed by atoms with E-state index >= 15 is 0 Å². The van der Waals surface area contributed by atoms with E-state index in [1.165, 1.54) is 19.3 Å². The van der Waals surface area contributed by atoms with Gasteiger partial charge in [-0.05, 0) is 25.3 Å². The standard InChI is InChI=1S/C13H18N2O2/c1-10(9-11-5-4-6-11)14-12-7-2-3-8-13(12)15(16)17/h2-3,7-8,10-11,14H,4-6,9H2,1H3/t10-/m0/s1. The number of rotatable bonds is 5. The van der Waals surface area contributed by atoms with Crippen molar-refractivity contribution in [2.24, 2.45) is 5.92 Å². The van der Waals surface area contributed by atoms with E-state index in [1.807, 2.05) is 6.07 Å². The number of benzene rings is 1. The van der Waals surface area contributed by atoms with Crippen molar-refractivity contribution in [3.63, 3.8) is 0 Å². The minimum atomic E-state index is -0.335. The fraction of sp³-hybridized carbons (Fsp3) is 0.538. The van der Waals surface area contributed by atoms with E-state index in [0.717, 1.165) is 12.3 Å². The van der Waals surface area contributed by atoms with Crippen LogP contribution in [0, 0.1) is 16.0 Å². The Kier molecular flexibility index (Phi) is 3.61. The first-order valence-corrected chi connectivity index (χ1v) is 6.17. The maximum absolute atomic E-state index is 10.9. The van der Waals surface area contributed by atoms with Crippen LogP contribution in [0.3, 0.4) is 0 Å². The average Bonchev–Trinajstić information content (AvgIpc) is 2.24. The normalized spacial score (nSPS) is 17.2. The van der Waals surface area contributed by atoms with Gasteiger partial charge in [-0.1, -0.05) is 31.4 Å². The van der Waals surface area contributed by atoms with Crippen LogP contribution >= 0.6 is 0 Å². The van der Waals surface area contributed by atoms with Crippen molar-refractivity contribution in [3.8, 4) is 0 Å². The third-order valence-corrected chi connectivity index (χ3v) is 3.41. The highest BCUT2D eigenvalue weighted by molar-refractivity contribution is 5.61. The van der Waals surface area contributed by atoms with Crippen molar-refractivity contribution in [1.82, 2.24) is 0 Å². The third-order valence-electron chi connectivity index (χ3n) is 3.41. The Hall–Kier alpha value is -1.58. The number of nitro benzene ring substituents is 1. The molecular weight excluding hydrogens is 216 g/mol. The van der Waals surface area contributed by atoms with Gasteiger partial charge in [-0.15, -0.1) is 0 Å². The molecule has 2 rings (SSSR count). The predicted molar refractivity (Wildman–Crippen MR) is 68.1 cm³/mol. The number of nitro groups is 1. The molecule has 1 aliphatic carbocycles. The fourth-order valence-electron chi connectivity index (χ4n) is 2.31. The molecular formula is C13H18N2O2. The Morgan fingerprint density at radius 2 is 2.18 bits per heavy atom. The van der Waals surface area contributed by atoms with Crippen LogP contribution in [0.15, 0.2) is 24.3 Å². The van der Waals surface area contributed by atoms with E-state index in [4.69, 9.17) is 0 Å². The molecule has 1 fully saturated rings. The Morgan fingerprint density at radius 1 is 1.47 bits per heavy atom. The first kappa shape index (κ1) is 11.9. The number of nitrogens with zero attached hydrogens (tertiary/aromatic N) is 1. The van der Waals surface area contributed by atoms with Gasteiger partial charge in [0.15, 0.2) is 0 Å². The third kappa shape index (κ3) is 2.96. The number of hydrogen-bond acceptors (Lipinski definition) is 3. The first-order valence-electron chi connectivity index (χ1n) is 6.17. The average molecular weight is 234 g/mol. The molecule has 4 nitrogen and oxygen atoms in total. The predicted octanol–water partition coefficient (Wildman–Crippen LogP) is 3.59. The van der Waals surface area contributed by atoms with Crippen molar-refractivity contribution >= 4 is 11.4 Å². The quantitative estimate of drug-likeness (QED) is 0.625. The highest BCUT2D eigenvalue weighted by Crippen LogP contribution is 2.32. The van der Waals surface area contributed by atoms with Gasteiger partial charge in [0.1, 0.15) is 5.69 Å². The lowest BCUT2D eigenvalue weighted by Gasteiger charge is -2.28. The van der Waals surface area contributed by atoms with Gasteiger partial charge in [0.25, 0.3) is 5.69 Å². The Labute approximate surface area is 101 Å². The summed E-state index contributed by atoms with van der Waals surface area (Å²) in [4.78, 5) is 10.5. The largest absolute Gasteiger partial charge is 0.377 e. The van der Waals surface area contributed by atoms with Gasteiger partial charge in [-0.25, -0.2) is 0 Å². The molecule has 1 aromatic carbocycles. The first-order chi connectivity index (χ1) is 8.16. The van der Waals surface area contributed by atoms with Crippen LogP contribution < -0.4 is 5.32 Å². The van der Waals surface area contributed by atoms with Gasteiger partial charge in [-0.3, -0.25) is 10.1 Å². The van der Waals surface area contributed by atoms with Gasteiger partial charge < -0.3 is 5.32 Å². The van der Waals surface area contributed by atoms with E-state index in [-0.39, 0.29) is 10.6 Å². The van der Waals surface area contributed by atoms with Crippen molar-refractivity contribution in [2.75, 3.05) is 5.32 Å². The molecule has 1 saturated carbocycles. The zero-order chi connectivity index (χ0) is 12.3. The van der Waals surface area contributed by atoms with Crippen LogP contribution in [0.2, 0.25) is 0 Å². The Bertz CT molecular complexity index is 402. The SMILES string of the molecule is C[C@@H](CC1CCC1)Nc1ccccc1[N+](=O)[O-]. The second-order valence-corrected chi connectivity index (χ2v) is 4.85. The van der Waals surface area contributed by atoms with Crippen LogP contribution in [-0.2, 0) is 0 Å². The molecule has 1 aromatic rings. The van der Waals surface area contributed by atoms with Gasteiger partial charge in [0, 0.05) is 12.1 Å². The second-order valence-electron chi connectivity index (χ2n) is 4.85. The van der Waals surface area contributed by atoms with Crippen molar-refractivity contribution in [3.05, 3.63) is 34.4 Å². The molecule has 1 aliphatic rings. The van der Waals surface area contributed by atoms with Gasteiger partial charge in [0.2, 0.25) is 0 Å². The number of para-hydroxylation sites is 2. The zero-order valence-corrected chi connectivity index (χ0v) is 10.1. The van der Waals surface area contributed by atoms with Gasteiger partial charge in [0.05, 0.1) is 4.92 Å². The molecule has 0 amide bonds. The Morgan fingerprint density at radius 3 is 2.76 bits per heavy atom. The fourth-order valence-corrected chi connectivity index (χ4v) is 2.31. The molecule has 1 atom stereocenters. The molecule has 0 aromatic heterocycles. The summed E-state index contributed by atoms with van der Waals surface area (Å²) in [6.07, 6.45) is 5.06. The molecule has 0 radical (unpaired) electrons. The summed E-state index contributed by atoms with van der Waals surface area (Å²) >= 11 is 0. The van der Waals surface area contributed by atoms with Gasteiger partial charge in [-0.2, -0.15) is 0 Å². The number of anilines is 1. The van der Waals surface area contributed by atoms with Crippen LogP contribution in [-0.4, -0.2) is 11.0 Å². The minimum Gasteiger partial charge on any atom is -0.377 e. The second kappa shape index (κ2) is 5.17. The highest BCUT2D eigenvalue weighted by atomic mass is 16.6. The summed E-state index contributed by atoms with van der Waals surface area (Å²) in [5, 5.41) is 14.1.